The smallest absolute Gasteiger partial charge is 0.0537 e. The minimum absolute atomic E-state index is 0.451. The van der Waals surface area contributed by atoms with Gasteiger partial charge in [0, 0.05) is 30.1 Å². The van der Waals surface area contributed by atoms with Crippen LogP contribution in [-0.2, 0) is 6.54 Å². The fourth-order valence-electron chi connectivity index (χ4n) is 1.67. The van der Waals surface area contributed by atoms with E-state index in [9.17, 15) is 0 Å². The molecule has 1 N–H and O–H groups in total. The Hall–Kier alpha value is -0.480. The lowest BCUT2D eigenvalue weighted by molar-refractivity contribution is 0.575. The summed E-state index contributed by atoms with van der Waals surface area (Å²) in [5, 5.41) is 7.97. The predicted molar refractivity (Wildman–Crippen MR) is 76.6 cm³/mol. The maximum Gasteiger partial charge on any atom is 0.0537 e. The summed E-state index contributed by atoms with van der Waals surface area (Å²) >= 11 is 2.02. The van der Waals surface area contributed by atoms with E-state index in [0.717, 1.165) is 18.8 Å². The van der Waals surface area contributed by atoms with Gasteiger partial charge in [0.2, 0.25) is 0 Å². The number of nitrogens with one attached hydrogen (secondary N) is 1. The van der Waals surface area contributed by atoms with Crippen molar-refractivity contribution < 1.29 is 0 Å². The highest BCUT2D eigenvalue weighted by Crippen LogP contribution is 2.18. The predicted octanol–water partition coefficient (Wildman–Crippen LogP) is 3.09. The van der Waals surface area contributed by atoms with Gasteiger partial charge in [0.25, 0.3) is 0 Å². The molecule has 0 aliphatic rings. The molecule has 98 valence electrons. The Bertz CT molecular complexity index is 299. The lowest BCUT2D eigenvalue weighted by atomic mass is 10.2. The van der Waals surface area contributed by atoms with E-state index in [1.54, 1.807) is 0 Å². The quantitative estimate of drug-likeness (QED) is 0.688. The van der Waals surface area contributed by atoms with E-state index in [1.165, 1.54) is 24.2 Å². The number of aromatic nitrogens is 2. The third-order valence-electron chi connectivity index (χ3n) is 2.65. The maximum absolute atomic E-state index is 4.36. The van der Waals surface area contributed by atoms with Crippen molar-refractivity contribution in [2.24, 2.45) is 0 Å². The number of thioether (sulfide) groups is 1. The summed E-state index contributed by atoms with van der Waals surface area (Å²) in [6, 6.07) is 0.451. The van der Waals surface area contributed by atoms with Crippen molar-refractivity contribution in [2.75, 3.05) is 18.1 Å². The van der Waals surface area contributed by atoms with E-state index in [1.807, 2.05) is 22.6 Å². The summed E-state index contributed by atoms with van der Waals surface area (Å²) in [5.41, 5.74) is 1.32. The summed E-state index contributed by atoms with van der Waals surface area (Å²) in [6.07, 6.45) is 6.60. The van der Waals surface area contributed by atoms with Crippen LogP contribution in [-0.4, -0.2) is 27.8 Å². The summed E-state index contributed by atoms with van der Waals surface area (Å²) in [7, 11) is 0. The molecule has 0 saturated heterocycles. The molecule has 1 atom stereocenters. The van der Waals surface area contributed by atoms with Gasteiger partial charge in [0.15, 0.2) is 0 Å². The average Bonchev–Trinajstić information content (AvgIpc) is 2.82. The third-order valence-corrected chi connectivity index (χ3v) is 3.92. The number of aryl methyl sites for hydroxylation is 1. The van der Waals surface area contributed by atoms with Gasteiger partial charge in [-0.3, -0.25) is 4.68 Å². The Kier molecular flexibility index (Phi) is 7.37. The van der Waals surface area contributed by atoms with Gasteiger partial charge in [-0.05, 0) is 32.1 Å². The van der Waals surface area contributed by atoms with E-state index in [-0.39, 0.29) is 0 Å². The molecule has 1 heterocycles. The standard InChI is InChI=1S/C13H25N3S/c1-4-7-14-13(11-17-8-5-2)12-9-15-16(6-3)10-12/h9-10,13-14H,4-8,11H2,1-3H3. The number of rotatable bonds is 9. The van der Waals surface area contributed by atoms with Gasteiger partial charge in [-0.2, -0.15) is 16.9 Å². The Morgan fingerprint density at radius 1 is 1.35 bits per heavy atom. The molecule has 0 radical (unpaired) electrons. The van der Waals surface area contributed by atoms with Gasteiger partial charge in [0.1, 0.15) is 0 Å². The molecule has 4 heteroatoms. The SMILES string of the molecule is CCCNC(CSCCC)c1cnn(CC)c1. The molecule has 1 rings (SSSR count). The minimum Gasteiger partial charge on any atom is -0.309 e. The third kappa shape index (κ3) is 5.13. The van der Waals surface area contributed by atoms with Crippen LogP contribution in [0, 0.1) is 0 Å². The summed E-state index contributed by atoms with van der Waals surface area (Å²) in [5.74, 6) is 2.38. The van der Waals surface area contributed by atoms with Crippen LogP contribution in [0.3, 0.4) is 0 Å². The first-order chi connectivity index (χ1) is 8.31. The fourth-order valence-corrected chi connectivity index (χ4v) is 2.67. The molecule has 0 aliphatic heterocycles. The van der Waals surface area contributed by atoms with Gasteiger partial charge in [0.05, 0.1) is 6.20 Å². The fraction of sp³-hybridized carbons (Fsp3) is 0.769. The van der Waals surface area contributed by atoms with Gasteiger partial charge in [-0.1, -0.05) is 13.8 Å². The molecule has 0 aromatic carbocycles. The van der Waals surface area contributed by atoms with Crippen molar-refractivity contribution in [1.29, 1.82) is 0 Å². The second-order valence-electron chi connectivity index (χ2n) is 4.21. The van der Waals surface area contributed by atoms with E-state index in [4.69, 9.17) is 0 Å². The van der Waals surface area contributed by atoms with Crippen molar-refractivity contribution in [3.63, 3.8) is 0 Å². The molecule has 0 aliphatic carbocycles. The van der Waals surface area contributed by atoms with Crippen molar-refractivity contribution in [3.05, 3.63) is 18.0 Å². The van der Waals surface area contributed by atoms with Crippen LogP contribution in [0.2, 0.25) is 0 Å². The molecule has 1 aromatic heterocycles. The second kappa shape index (κ2) is 8.59. The zero-order valence-electron chi connectivity index (χ0n) is 11.3. The lowest BCUT2D eigenvalue weighted by Gasteiger charge is -2.16. The number of hydrogen-bond acceptors (Lipinski definition) is 3. The van der Waals surface area contributed by atoms with Gasteiger partial charge < -0.3 is 5.32 Å². The average molecular weight is 255 g/mol. The van der Waals surface area contributed by atoms with E-state index in [2.05, 4.69) is 37.4 Å². The van der Waals surface area contributed by atoms with Crippen LogP contribution < -0.4 is 5.32 Å². The Labute approximate surface area is 109 Å². The monoisotopic (exact) mass is 255 g/mol. The highest BCUT2D eigenvalue weighted by Gasteiger charge is 2.12. The Morgan fingerprint density at radius 2 is 2.18 bits per heavy atom. The van der Waals surface area contributed by atoms with E-state index >= 15 is 0 Å². The highest BCUT2D eigenvalue weighted by molar-refractivity contribution is 7.99. The molecular weight excluding hydrogens is 230 g/mol. The largest absolute Gasteiger partial charge is 0.309 e. The van der Waals surface area contributed by atoms with Crippen LogP contribution in [0.5, 0.6) is 0 Å². The van der Waals surface area contributed by atoms with Crippen molar-refractivity contribution >= 4 is 11.8 Å². The summed E-state index contributed by atoms with van der Waals surface area (Å²) in [4.78, 5) is 0. The summed E-state index contributed by atoms with van der Waals surface area (Å²) < 4.78 is 2.00. The van der Waals surface area contributed by atoms with Crippen LogP contribution >= 0.6 is 11.8 Å². The lowest BCUT2D eigenvalue weighted by Crippen LogP contribution is -2.24. The molecular formula is C13H25N3S. The molecule has 17 heavy (non-hydrogen) atoms. The molecule has 0 saturated carbocycles. The second-order valence-corrected chi connectivity index (χ2v) is 5.36. The Morgan fingerprint density at radius 3 is 2.76 bits per heavy atom. The van der Waals surface area contributed by atoms with Gasteiger partial charge >= 0.3 is 0 Å². The zero-order valence-corrected chi connectivity index (χ0v) is 12.1. The normalized spacial score (nSPS) is 12.9. The molecule has 0 fully saturated rings. The molecule has 0 bridgehead atoms. The van der Waals surface area contributed by atoms with Crippen LogP contribution in [0.25, 0.3) is 0 Å². The first-order valence-corrected chi connectivity index (χ1v) is 7.80. The van der Waals surface area contributed by atoms with Crippen LogP contribution in [0.4, 0.5) is 0 Å². The maximum atomic E-state index is 4.36. The van der Waals surface area contributed by atoms with E-state index < -0.39 is 0 Å². The van der Waals surface area contributed by atoms with Crippen molar-refractivity contribution in [1.82, 2.24) is 15.1 Å². The van der Waals surface area contributed by atoms with Gasteiger partial charge in [-0.15, -0.1) is 0 Å². The number of hydrogen-bond donors (Lipinski definition) is 1. The van der Waals surface area contributed by atoms with Crippen LogP contribution in [0.15, 0.2) is 12.4 Å². The van der Waals surface area contributed by atoms with E-state index in [0.29, 0.717) is 6.04 Å². The molecule has 0 amide bonds. The van der Waals surface area contributed by atoms with Gasteiger partial charge in [-0.25, -0.2) is 0 Å². The van der Waals surface area contributed by atoms with Crippen LogP contribution in [0.1, 0.15) is 45.2 Å². The zero-order chi connectivity index (χ0) is 12.5. The highest BCUT2D eigenvalue weighted by atomic mass is 32.2. The molecule has 1 unspecified atom stereocenters. The first-order valence-electron chi connectivity index (χ1n) is 6.65. The van der Waals surface area contributed by atoms with Crippen molar-refractivity contribution in [2.45, 2.75) is 46.2 Å². The first kappa shape index (κ1) is 14.6. The summed E-state index contributed by atoms with van der Waals surface area (Å²) in [6.45, 7) is 8.59. The molecule has 3 nitrogen and oxygen atoms in total. The molecule has 0 spiro atoms. The topological polar surface area (TPSA) is 29.9 Å². The minimum atomic E-state index is 0.451. The number of nitrogens with zero attached hydrogens (tertiary/aromatic N) is 2. The molecule has 1 aromatic rings. The van der Waals surface area contributed by atoms with Crippen molar-refractivity contribution in [3.8, 4) is 0 Å². The Balaban J connectivity index is 2.54.